The normalized spacial score (nSPS) is 18.5. The van der Waals surface area contributed by atoms with E-state index in [2.05, 4.69) is 86.9 Å². The number of carbonyl (C=O) groups is 2. The first-order valence-electron chi connectivity index (χ1n) is 30.7. The molecule has 1 fully saturated rings. The molecule has 2 N–H and O–H groups in total. The Morgan fingerprint density at radius 2 is 0.974 bits per heavy atom. The summed E-state index contributed by atoms with van der Waals surface area (Å²) in [7, 11) is 0. The van der Waals surface area contributed by atoms with Crippen molar-refractivity contribution >= 4 is 12.0 Å². The summed E-state index contributed by atoms with van der Waals surface area (Å²) < 4.78 is 39.4. The summed E-state index contributed by atoms with van der Waals surface area (Å²) in [5.74, 6) is 0.727. The van der Waals surface area contributed by atoms with Crippen LogP contribution in [0.15, 0.2) is 121 Å². The maximum Gasteiger partial charge on any atom is 0.407 e. The Hall–Kier alpha value is -4.58. The van der Waals surface area contributed by atoms with E-state index in [0.717, 1.165) is 86.5 Å². The summed E-state index contributed by atoms with van der Waals surface area (Å²) in [6.07, 6.45) is 24.3. The van der Waals surface area contributed by atoms with Gasteiger partial charge in [0.15, 0.2) is 6.29 Å². The largest absolute Gasteiger partial charge is 0.445 e. The molecular formula is C68H102N2O8. The van der Waals surface area contributed by atoms with Crippen LogP contribution in [0, 0.1) is 17.8 Å². The van der Waals surface area contributed by atoms with Crippen molar-refractivity contribution in [3.63, 3.8) is 0 Å². The van der Waals surface area contributed by atoms with Gasteiger partial charge < -0.3 is 39.1 Å². The molecule has 1 heterocycles. The van der Waals surface area contributed by atoms with Gasteiger partial charge in [-0.1, -0.05) is 271 Å². The van der Waals surface area contributed by atoms with E-state index in [1.165, 1.54) is 77.0 Å². The van der Waals surface area contributed by atoms with Gasteiger partial charge in [0, 0.05) is 18.9 Å². The van der Waals surface area contributed by atoms with E-state index in [0.29, 0.717) is 45.3 Å². The lowest BCUT2D eigenvalue weighted by Crippen LogP contribution is -2.54. The van der Waals surface area contributed by atoms with Gasteiger partial charge in [-0.15, -0.1) is 0 Å². The third-order valence-corrected chi connectivity index (χ3v) is 15.9. The van der Waals surface area contributed by atoms with Gasteiger partial charge in [0.2, 0.25) is 5.91 Å². The Balaban J connectivity index is 1.19. The second-order valence-corrected chi connectivity index (χ2v) is 22.3. The highest BCUT2D eigenvalue weighted by molar-refractivity contribution is 5.76. The quantitative estimate of drug-likeness (QED) is 0.0422. The van der Waals surface area contributed by atoms with Crippen molar-refractivity contribution in [1.82, 2.24) is 10.6 Å². The van der Waals surface area contributed by atoms with Gasteiger partial charge in [-0.25, -0.2) is 4.79 Å². The van der Waals surface area contributed by atoms with E-state index in [1.54, 1.807) is 0 Å². The fourth-order valence-electron chi connectivity index (χ4n) is 10.6. The molecular weight excluding hydrogens is 973 g/mol. The van der Waals surface area contributed by atoms with Crippen LogP contribution in [-0.4, -0.2) is 62.4 Å². The van der Waals surface area contributed by atoms with Crippen LogP contribution < -0.4 is 10.6 Å². The lowest BCUT2D eigenvalue weighted by atomic mass is 9.79. The van der Waals surface area contributed by atoms with E-state index in [1.807, 2.05) is 72.8 Å². The van der Waals surface area contributed by atoms with Crippen molar-refractivity contribution in [2.24, 2.45) is 17.8 Å². The van der Waals surface area contributed by atoms with Crippen molar-refractivity contribution in [2.75, 3.05) is 19.8 Å². The highest BCUT2D eigenvalue weighted by atomic mass is 16.7. The van der Waals surface area contributed by atoms with Crippen LogP contribution in [-0.2, 0) is 59.6 Å². The molecule has 1 saturated heterocycles. The zero-order valence-corrected chi connectivity index (χ0v) is 48.6. The summed E-state index contributed by atoms with van der Waals surface area (Å²) in [6, 6.07) is 40.2. The molecule has 2 amide bonds. The molecule has 4 aromatic carbocycles. The number of hydrogen-bond donors (Lipinski definition) is 2. The molecule has 1 aliphatic rings. The highest BCUT2D eigenvalue weighted by Crippen LogP contribution is 2.36. The first kappa shape index (κ1) is 64.2. The van der Waals surface area contributed by atoms with Crippen LogP contribution in [0.5, 0.6) is 0 Å². The first-order chi connectivity index (χ1) is 38.3. The number of carbonyl (C=O) groups excluding carboxylic acids is 2. The van der Waals surface area contributed by atoms with Gasteiger partial charge in [0.05, 0.1) is 51.3 Å². The Morgan fingerprint density at radius 1 is 0.513 bits per heavy atom. The number of amides is 2. The molecule has 0 spiro atoms. The second-order valence-electron chi connectivity index (χ2n) is 22.3. The van der Waals surface area contributed by atoms with Gasteiger partial charge >= 0.3 is 6.09 Å². The van der Waals surface area contributed by atoms with Gasteiger partial charge in [-0.05, 0) is 53.4 Å². The minimum absolute atomic E-state index is 0.00781. The minimum Gasteiger partial charge on any atom is -0.445 e. The molecule has 432 valence electrons. The average molecular weight is 1080 g/mol. The Labute approximate surface area is 472 Å². The fraction of sp³-hybridized carbons (Fsp3) is 0.618. The highest BCUT2D eigenvalue weighted by Gasteiger charge is 2.41. The van der Waals surface area contributed by atoms with Crippen LogP contribution >= 0.6 is 0 Å². The SMILES string of the molecule is CCCCCCCCCCCCCC[C@@H](OCc1ccccc1)[C@@H](OCc1ccccc1)[C@H](CO[C@H]1OC(COCc2ccccc2)[C@H](C)[C@H](C)C1C)NC(=O)CCCCCCCCCCCNC(=O)OCc1ccccc1. The molecule has 0 aromatic heterocycles. The molecule has 4 aromatic rings. The summed E-state index contributed by atoms with van der Waals surface area (Å²) in [4.78, 5) is 26.3. The molecule has 0 saturated carbocycles. The van der Waals surface area contributed by atoms with E-state index < -0.39 is 18.4 Å². The Morgan fingerprint density at radius 3 is 1.51 bits per heavy atom. The number of hydrogen-bond acceptors (Lipinski definition) is 8. The number of alkyl carbamates (subject to hydrolysis) is 1. The predicted octanol–water partition coefficient (Wildman–Crippen LogP) is 16.4. The van der Waals surface area contributed by atoms with Gasteiger partial charge in [0.25, 0.3) is 0 Å². The van der Waals surface area contributed by atoms with Crippen molar-refractivity contribution in [1.29, 1.82) is 0 Å². The summed E-state index contributed by atoms with van der Waals surface area (Å²) in [5, 5.41) is 6.36. The summed E-state index contributed by atoms with van der Waals surface area (Å²) in [5.41, 5.74) is 4.29. The van der Waals surface area contributed by atoms with Crippen LogP contribution in [0.25, 0.3) is 0 Å². The Kier molecular flexibility index (Phi) is 33.4. The Bertz CT molecular complexity index is 2080. The lowest BCUT2D eigenvalue weighted by Gasteiger charge is -2.44. The van der Waals surface area contributed by atoms with E-state index in [9.17, 15) is 9.59 Å². The summed E-state index contributed by atoms with van der Waals surface area (Å²) in [6.45, 7) is 12.0. The molecule has 8 atom stereocenters. The van der Waals surface area contributed by atoms with E-state index >= 15 is 0 Å². The second kappa shape index (κ2) is 40.6. The standard InChI is InChI=1S/C68H102N2O8/c1-5-6-7-8-9-10-11-12-14-17-20-35-46-63(74-50-59-40-29-24-30-41-59)66(75-51-60-42-31-25-32-43-60)62(53-76-67-57(4)55(2)56(3)64(78-67)54-73-49-58-38-27-23-28-39-58)70-65(71)47-36-21-18-15-13-16-19-22-37-48-69-68(72)77-52-61-44-33-26-34-45-61/h23-34,38-45,55-57,62-64,66-67H,5-22,35-37,46-54H2,1-4H3,(H,69,72)(H,70,71)/t55-,56+,57?,62-,63+,64?,66-,67-/m0/s1. The van der Waals surface area contributed by atoms with E-state index in [-0.39, 0.29) is 49.3 Å². The fourth-order valence-corrected chi connectivity index (χ4v) is 10.6. The van der Waals surface area contributed by atoms with Crippen LogP contribution in [0.2, 0.25) is 0 Å². The number of benzene rings is 4. The van der Waals surface area contributed by atoms with Gasteiger partial charge in [0.1, 0.15) is 12.7 Å². The van der Waals surface area contributed by atoms with Crippen LogP contribution in [0.1, 0.15) is 198 Å². The lowest BCUT2D eigenvalue weighted by molar-refractivity contribution is -0.262. The maximum absolute atomic E-state index is 14.3. The van der Waals surface area contributed by atoms with Crippen LogP contribution in [0.4, 0.5) is 4.79 Å². The third-order valence-electron chi connectivity index (χ3n) is 15.9. The summed E-state index contributed by atoms with van der Waals surface area (Å²) >= 11 is 0. The van der Waals surface area contributed by atoms with E-state index in [4.69, 9.17) is 28.4 Å². The number of ether oxygens (including phenoxy) is 6. The van der Waals surface area contributed by atoms with Gasteiger partial charge in [-0.2, -0.15) is 0 Å². The third kappa shape index (κ3) is 27.1. The smallest absolute Gasteiger partial charge is 0.407 e. The molecule has 0 aliphatic carbocycles. The monoisotopic (exact) mass is 1070 g/mol. The number of unbranched alkanes of at least 4 members (excludes halogenated alkanes) is 19. The zero-order valence-electron chi connectivity index (χ0n) is 48.6. The molecule has 2 unspecified atom stereocenters. The molecule has 10 heteroatoms. The predicted molar refractivity (Wildman–Crippen MR) is 317 cm³/mol. The van der Waals surface area contributed by atoms with Gasteiger partial charge in [-0.3, -0.25) is 4.79 Å². The molecule has 10 nitrogen and oxygen atoms in total. The van der Waals surface area contributed by atoms with Crippen molar-refractivity contribution < 1.29 is 38.0 Å². The number of nitrogens with one attached hydrogen (secondary N) is 2. The molecule has 78 heavy (non-hydrogen) atoms. The maximum atomic E-state index is 14.3. The van der Waals surface area contributed by atoms with Crippen LogP contribution in [0.3, 0.4) is 0 Å². The van der Waals surface area contributed by atoms with Crippen molar-refractivity contribution in [3.05, 3.63) is 144 Å². The zero-order chi connectivity index (χ0) is 55.1. The topological polar surface area (TPSA) is 114 Å². The molecule has 0 radical (unpaired) electrons. The van der Waals surface area contributed by atoms with Crippen molar-refractivity contribution in [2.45, 2.75) is 232 Å². The molecule has 5 rings (SSSR count). The molecule has 1 aliphatic heterocycles. The number of rotatable bonds is 43. The molecule has 0 bridgehead atoms. The first-order valence-corrected chi connectivity index (χ1v) is 30.7. The van der Waals surface area contributed by atoms with Crippen molar-refractivity contribution in [3.8, 4) is 0 Å². The average Bonchev–Trinajstić information content (AvgIpc) is 3.47. The minimum atomic E-state index is -0.493.